The summed E-state index contributed by atoms with van der Waals surface area (Å²) in [6, 6.07) is 7.59. The van der Waals surface area contributed by atoms with Crippen molar-refractivity contribution in [1.29, 1.82) is 0 Å². The van der Waals surface area contributed by atoms with E-state index in [2.05, 4.69) is 25.3 Å². The van der Waals surface area contributed by atoms with Crippen LogP contribution in [-0.4, -0.2) is 4.98 Å². The summed E-state index contributed by atoms with van der Waals surface area (Å²) >= 11 is 3.33. The first-order valence-electron chi connectivity index (χ1n) is 3.69. The maximum Gasteiger partial charge on any atom is 0.416 e. The highest BCUT2D eigenvalue weighted by atomic mass is 79.9. The number of nitrogens with one attached hydrogen (secondary N) is 1. The van der Waals surface area contributed by atoms with Crippen molar-refractivity contribution in [2.24, 2.45) is 0 Å². The minimum atomic E-state index is -0.432. The molecular formula is C9H6BrNO2. The summed E-state index contributed by atoms with van der Waals surface area (Å²) in [6.45, 7) is 0. The third kappa shape index (κ3) is 1.72. The average molecular weight is 240 g/mol. The van der Waals surface area contributed by atoms with E-state index in [1.54, 1.807) is 0 Å². The average Bonchev–Trinajstić information content (AvgIpc) is 2.53. The number of hydrogen-bond donors (Lipinski definition) is 1. The number of halogens is 1. The zero-order chi connectivity index (χ0) is 9.26. The lowest BCUT2D eigenvalue weighted by Gasteiger charge is -1.94. The van der Waals surface area contributed by atoms with Crippen molar-refractivity contribution >= 4 is 15.9 Å². The van der Waals surface area contributed by atoms with E-state index in [0.29, 0.717) is 5.69 Å². The Labute approximate surface area is 82.5 Å². The molecule has 0 aliphatic rings. The summed E-state index contributed by atoms with van der Waals surface area (Å²) in [7, 11) is 0. The fourth-order valence-corrected chi connectivity index (χ4v) is 1.32. The van der Waals surface area contributed by atoms with Crippen LogP contribution in [0.5, 0.6) is 0 Å². The Kier molecular flexibility index (Phi) is 2.06. The molecule has 1 N–H and O–H groups in total. The molecule has 1 aromatic heterocycles. The Balaban J connectivity index is 2.47. The smallest absolute Gasteiger partial charge is 0.416 e. The SMILES string of the molecule is O=c1[nH]c(-c2ccc(Br)cc2)co1. The molecule has 2 rings (SSSR count). The van der Waals surface area contributed by atoms with Gasteiger partial charge >= 0.3 is 5.76 Å². The summed E-state index contributed by atoms with van der Waals surface area (Å²) in [5.41, 5.74) is 1.62. The predicted octanol–water partition coefficient (Wildman–Crippen LogP) is 2.40. The Morgan fingerprint density at radius 2 is 1.92 bits per heavy atom. The Morgan fingerprint density at radius 3 is 2.46 bits per heavy atom. The van der Waals surface area contributed by atoms with Crippen molar-refractivity contribution in [3.8, 4) is 11.3 Å². The molecule has 66 valence electrons. The van der Waals surface area contributed by atoms with Gasteiger partial charge in [-0.1, -0.05) is 28.1 Å². The minimum absolute atomic E-state index is 0.432. The topological polar surface area (TPSA) is 46.0 Å². The van der Waals surface area contributed by atoms with E-state index in [-0.39, 0.29) is 0 Å². The first-order chi connectivity index (χ1) is 6.25. The Bertz CT molecular complexity index is 455. The van der Waals surface area contributed by atoms with Gasteiger partial charge in [-0.3, -0.25) is 4.98 Å². The molecule has 1 aromatic carbocycles. The van der Waals surface area contributed by atoms with Crippen LogP contribution in [0, 0.1) is 0 Å². The second-order valence-corrected chi connectivity index (χ2v) is 3.48. The van der Waals surface area contributed by atoms with Crippen LogP contribution in [0.3, 0.4) is 0 Å². The van der Waals surface area contributed by atoms with Gasteiger partial charge in [0.1, 0.15) is 6.26 Å². The zero-order valence-corrected chi connectivity index (χ0v) is 8.17. The molecule has 0 saturated carbocycles. The van der Waals surface area contributed by atoms with Crippen molar-refractivity contribution in [2.45, 2.75) is 0 Å². The number of rotatable bonds is 1. The Morgan fingerprint density at radius 1 is 1.23 bits per heavy atom. The quantitative estimate of drug-likeness (QED) is 0.831. The van der Waals surface area contributed by atoms with Crippen LogP contribution in [0.2, 0.25) is 0 Å². The maximum atomic E-state index is 10.7. The van der Waals surface area contributed by atoms with Gasteiger partial charge in [0.05, 0.1) is 5.69 Å². The van der Waals surface area contributed by atoms with Gasteiger partial charge in [-0.2, -0.15) is 0 Å². The number of H-pyrrole nitrogens is 1. The molecule has 0 unspecified atom stereocenters. The van der Waals surface area contributed by atoms with Crippen LogP contribution in [-0.2, 0) is 0 Å². The molecule has 3 nitrogen and oxygen atoms in total. The van der Waals surface area contributed by atoms with E-state index in [1.165, 1.54) is 6.26 Å². The summed E-state index contributed by atoms with van der Waals surface area (Å²) in [5.74, 6) is -0.432. The summed E-state index contributed by atoms with van der Waals surface area (Å²) in [4.78, 5) is 13.3. The number of aromatic amines is 1. The van der Waals surface area contributed by atoms with Crippen LogP contribution in [0.15, 0.2) is 44.2 Å². The molecule has 0 radical (unpaired) electrons. The van der Waals surface area contributed by atoms with Crippen molar-refractivity contribution in [3.05, 3.63) is 45.6 Å². The van der Waals surface area contributed by atoms with Gasteiger partial charge in [0.15, 0.2) is 0 Å². The van der Waals surface area contributed by atoms with Gasteiger partial charge in [-0.15, -0.1) is 0 Å². The predicted molar refractivity (Wildman–Crippen MR) is 52.5 cm³/mol. The highest BCUT2D eigenvalue weighted by Crippen LogP contribution is 2.18. The van der Waals surface area contributed by atoms with Crippen LogP contribution < -0.4 is 5.76 Å². The molecule has 0 bridgehead atoms. The molecule has 13 heavy (non-hydrogen) atoms. The van der Waals surface area contributed by atoms with Gasteiger partial charge in [-0.25, -0.2) is 4.79 Å². The van der Waals surface area contributed by atoms with Gasteiger partial charge in [0, 0.05) is 10.0 Å². The molecule has 0 spiro atoms. The monoisotopic (exact) mass is 239 g/mol. The van der Waals surface area contributed by atoms with Crippen molar-refractivity contribution < 1.29 is 4.42 Å². The zero-order valence-electron chi connectivity index (χ0n) is 6.58. The van der Waals surface area contributed by atoms with E-state index in [1.807, 2.05) is 24.3 Å². The number of benzene rings is 1. The molecule has 0 fully saturated rings. The first kappa shape index (κ1) is 8.31. The van der Waals surface area contributed by atoms with Crippen molar-refractivity contribution in [2.75, 3.05) is 0 Å². The fourth-order valence-electron chi connectivity index (χ4n) is 1.05. The van der Waals surface area contributed by atoms with Crippen molar-refractivity contribution in [1.82, 2.24) is 4.98 Å². The minimum Gasteiger partial charge on any atom is -0.416 e. The van der Waals surface area contributed by atoms with Crippen LogP contribution in [0.25, 0.3) is 11.3 Å². The molecule has 0 amide bonds. The lowest BCUT2D eigenvalue weighted by molar-refractivity contribution is 0.515. The second kappa shape index (κ2) is 3.22. The standard InChI is InChI=1S/C9H6BrNO2/c10-7-3-1-6(2-4-7)8-5-13-9(12)11-8/h1-5H,(H,11,12). The molecule has 4 heteroatoms. The lowest BCUT2D eigenvalue weighted by Crippen LogP contribution is -1.94. The largest absolute Gasteiger partial charge is 0.416 e. The van der Waals surface area contributed by atoms with E-state index >= 15 is 0 Å². The normalized spacial score (nSPS) is 10.2. The highest BCUT2D eigenvalue weighted by molar-refractivity contribution is 9.10. The lowest BCUT2D eigenvalue weighted by atomic mass is 10.2. The summed E-state index contributed by atoms with van der Waals surface area (Å²) in [5, 5.41) is 0. The highest BCUT2D eigenvalue weighted by Gasteiger charge is 2.00. The molecular weight excluding hydrogens is 234 g/mol. The van der Waals surface area contributed by atoms with E-state index in [0.717, 1.165) is 10.0 Å². The number of oxazole rings is 1. The van der Waals surface area contributed by atoms with Gasteiger partial charge in [-0.05, 0) is 12.1 Å². The second-order valence-electron chi connectivity index (χ2n) is 2.57. The summed E-state index contributed by atoms with van der Waals surface area (Å²) in [6.07, 6.45) is 1.41. The molecule has 0 aliphatic carbocycles. The fraction of sp³-hybridized carbons (Fsp3) is 0. The molecule has 0 atom stereocenters. The molecule has 0 saturated heterocycles. The van der Waals surface area contributed by atoms with Gasteiger partial charge in [0.25, 0.3) is 0 Å². The third-order valence-electron chi connectivity index (χ3n) is 1.68. The Hall–Kier alpha value is -1.29. The van der Waals surface area contributed by atoms with Crippen LogP contribution >= 0.6 is 15.9 Å². The molecule has 1 heterocycles. The van der Waals surface area contributed by atoms with E-state index < -0.39 is 5.76 Å². The van der Waals surface area contributed by atoms with E-state index in [9.17, 15) is 4.79 Å². The molecule has 0 aliphatic heterocycles. The third-order valence-corrected chi connectivity index (χ3v) is 2.20. The van der Waals surface area contributed by atoms with E-state index in [4.69, 9.17) is 0 Å². The number of aromatic nitrogens is 1. The van der Waals surface area contributed by atoms with Crippen LogP contribution in [0.4, 0.5) is 0 Å². The summed E-state index contributed by atoms with van der Waals surface area (Å²) < 4.78 is 5.63. The molecule has 2 aromatic rings. The van der Waals surface area contributed by atoms with Crippen LogP contribution in [0.1, 0.15) is 0 Å². The van der Waals surface area contributed by atoms with Gasteiger partial charge in [0.2, 0.25) is 0 Å². The number of hydrogen-bond acceptors (Lipinski definition) is 2. The maximum absolute atomic E-state index is 10.7. The first-order valence-corrected chi connectivity index (χ1v) is 4.49. The van der Waals surface area contributed by atoms with Crippen molar-refractivity contribution in [3.63, 3.8) is 0 Å². The van der Waals surface area contributed by atoms with Gasteiger partial charge < -0.3 is 4.42 Å².